The molecule has 0 aromatic heterocycles. The Morgan fingerprint density at radius 1 is 0.643 bits per heavy atom. The molecular weight excluding hydrogens is 180 g/mol. The average Bonchev–Trinajstić information content (AvgIpc) is 2.29. The van der Waals surface area contributed by atoms with Crippen molar-refractivity contribution in [1.82, 2.24) is 9.80 Å². The van der Waals surface area contributed by atoms with Gasteiger partial charge in [-0.1, -0.05) is 0 Å². The highest BCUT2D eigenvalue weighted by Crippen LogP contribution is 2.01. The predicted molar refractivity (Wildman–Crippen MR) is 53.9 cm³/mol. The molecular formula is C10H18N2O2. The quantitative estimate of drug-likeness (QED) is 0.629. The van der Waals surface area contributed by atoms with Crippen LogP contribution in [0.3, 0.4) is 0 Å². The fourth-order valence-electron chi connectivity index (χ4n) is 1.64. The molecule has 0 unspecified atom stereocenters. The highest BCUT2D eigenvalue weighted by Gasteiger charge is 2.08. The SMILES string of the molecule is C(=CN1CCOCC1)N1CCOCC1. The summed E-state index contributed by atoms with van der Waals surface area (Å²) in [6, 6.07) is 0. The van der Waals surface area contributed by atoms with E-state index in [9.17, 15) is 0 Å². The molecule has 0 aromatic carbocycles. The summed E-state index contributed by atoms with van der Waals surface area (Å²) in [5, 5.41) is 0. The molecule has 2 aliphatic rings. The first-order valence-corrected chi connectivity index (χ1v) is 5.27. The largest absolute Gasteiger partial charge is 0.378 e. The van der Waals surface area contributed by atoms with Gasteiger partial charge in [-0.3, -0.25) is 0 Å². The molecule has 2 rings (SSSR count). The topological polar surface area (TPSA) is 24.9 Å². The molecule has 0 aromatic rings. The second kappa shape index (κ2) is 5.22. The highest BCUT2D eigenvalue weighted by atomic mass is 16.5. The van der Waals surface area contributed by atoms with Crippen molar-refractivity contribution >= 4 is 0 Å². The lowest BCUT2D eigenvalue weighted by Gasteiger charge is -2.28. The van der Waals surface area contributed by atoms with Crippen LogP contribution in [-0.2, 0) is 9.47 Å². The van der Waals surface area contributed by atoms with E-state index in [0.717, 1.165) is 52.6 Å². The smallest absolute Gasteiger partial charge is 0.0642 e. The Hall–Kier alpha value is -0.740. The van der Waals surface area contributed by atoms with Crippen molar-refractivity contribution in [3.05, 3.63) is 12.4 Å². The van der Waals surface area contributed by atoms with Gasteiger partial charge in [0.05, 0.1) is 26.4 Å². The van der Waals surface area contributed by atoms with E-state index in [1.165, 1.54) is 0 Å². The normalized spacial score (nSPS) is 24.6. The van der Waals surface area contributed by atoms with Crippen molar-refractivity contribution < 1.29 is 9.47 Å². The summed E-state index contributed by atoms with van der Waals surface area (Å²) < 4.78 is 10.6. The second-order valence-electron chi connectivity index (χ2n) is 3.59. The van der Waals surface area contributed by atoms with Crippen molar-refractivity contribution in [1.29, 1.82) is 0 Å². The minimum Gasteiger partial charge on any atom is -0.378 e. The molecule has 0 radical (unpaired) electrons. The van der Waals surface area contributed by atoms with Gasteiger partial charge in [-0.25, -0.2) is 0 Å². The Bertz CT molecular complexity index is 165. The van der Waals surface area contributed by atoms with Gasteiger partial charge in [-0.2, -0.15) is 0 Å². The molecule has 4 heteroatoms. The van der Waals surface area contributed by atoms with E-state index in [-0.39, 0.29) is 0 Å². The molecule has 2 aliphatic heterocycles. The molecule has 2 saturated heterocycles. The van der Waals surface area contributed by atoms with Gasteiger partial charge in [-0.05, 0) is 0 Å². The van der Waals surface area contributed by atoms with Crippen LogP contribution in [0, 0.1) is 0 Å². The van der Waals surface area contributed by atoms with E-state index in [2.05, 4.69) is 22.2 Å². The van der Waals surface area contributed by atoms with Gasteiger partial charge in [0.1, 0.15) is 0 Å². The van der Waals surface area contributed by atoms with Gasteiger partial charge in [0, 0.05) is 38.6 Å². The number of nitrogens with zero attached hydrogens (tertiary/aromatic N) is 2. The van der Waals surface area contributed by atoms with Crippen LogP contribution in [0.2, 0.25) is 0 Å². The highest BCUT2D eigenvalue weighted by molar-refractivity contribution is 4.85. The molecule has 0 spiro atoms. The van der Waals surface area contributed by atoms with Gasteiger partial charge in [-0.15, -0.1) is 0 Å². The third-order valence-corrected chi connectivity index (χ3v) is 2.58. The zero-order valence-electron chi connectivity index (χ0n) is 8.52. The van der Waals surface area contributed by atoms with Crippen molar-refractivity contribution in [3.63, 3.8) is 0 Å². The van der Waals surface area contributed by atoms with Crippen molar-refractivity contribution in [2.24, 2.45) is 0 Å². The first kappa shape index (κ1) is 9.80. The number of hydrogen-bond donors (Lipinski definition) is 0. The number of hydrogen-bond acceptors (Lipinski definition) is 4. The number of rotatable bonds is 2. The van der Waals surface area contributed by atoms with Crippen LogP contribution in [0.15, 0.2) is 12.4 Å². The van der Waals surface area contributed by atoms with Crippen LogP contribution >= 0.6 is 0 Å². The monoisotopic (exact) mass is 198 g/mol. The minimum absolute atomic E-state index is 0.855. The van der Waals surface area contributed by atoms with Crippen LogP contribution < -0.4 is 0 Å². The van der Waals surface area contributed by atoms with E-state index in [0.29, 0.717) is 0 Å². The second-order valence-corrected chi connectivity index (χ2v) is 3.59. The zero-order valence-corrected chi connectivity index (χ0v) is 8.52. The molecule has 0 saturated carbocycles. The molecule has 2 heterocycles. The predicted octanol–water partition coefficient (Wildman–Crippen LogP) is 0.122. The average molecular weight is 198 g/mol. The summed E-state index contributed by atoms with van der Waals surface area (Å²) in [5.74, 6) is 0. The van der Waals surface area contributed by atoms with Crippen molar-refractivity contribution in [2.75, 3.05) is 52.6 Å². The van der Waals surface area contributed by atoms with Crippen LogP contribution in [0.5, 0.6) is 0 Å². The summed E-state index contributed by atoms with van der Waals surface area (Å²) in [6.45, 7) is 7.48. The molecule has 0 bridgehead atoms. The van der Waals surface area contributed by atoms with E-state index in [4.69, 9.17) is 9.47 Å². The Balaban J connectivity index is 1.73. The van der Waals surface area contributed by atoms with Crippen molar-refractivity contribution in [2.45, 2.75) is 0 Å². The van der Waals surface area contributed by atoms with E-state index >= 15 is 0 Å². The third kappa shape index (κ3) is 2.89. The Kier molecular flexibility index (Phi) is 3.65. The molecule has 80 valence electrons. The first-order valence-electron chi connectivity index (χ1n) is 5.27. The van der Waals surface area contributed by atoms with Gasteiger partial charge in [0.2, 0.25) is 0 Å². The lowest BCUT2D eigenvalue weighted by atomic mass is 10.4. The number of ether oxygens (including phenoxy) is 2. The summed E-state index contributed by atoms with van der Waals surface area (Å²) in [5.41, 5.74) is 0. The summed E-state index contributed by atoms with van der Waals surface area (Å²) in [4.78, 5) is 4.61. The van der Waals surface area contributed by atoms with Gasteiger partial charge >= 0.3 is 0 Å². The zero-order chi connectivity index (χ0) is 9.64. The number of morpholine rings is 2. The van der Waals surface area contributed by atoms with Gasteiger partial charge < -0.3 is 19.3 Å². The first-order chi connectivity index (χ1) is 6.95. The van der Waals surface area contributed by atoms with Crippen LogP contribution in [-0.4, -0.2) is 62.4 Å². The Morgan fingerprint density at radius 3 is 1.36 bits per heavy atom. The Morgan fingerprint density at radius 2 is 1.00 bits per heavy atom. The molecule has 0 atom stereocenters. The molecule has 4 nitrogen and oxygen atoms in total. The fourth-order valence-corrected chi connectivity index (χ4v) is 1.64. The molecule has 14 heavy (non-hydrogen) atoms. The van der Waals surface area contributed by atoms with Crippen LogP contribution in [0.4, 0.5) is 0 Å². The lowest BCUT2D eigenvalue weighted by molar-refractivity contribution is 0.0513. The fraction of sp³-hybridized carbons (Fsp3) is 0.800. The summed E-state index contributed by atoms with van der Waals surface area (Å²) in [7, 11) is 0. The lowest BCUT2D eigenvalue weighted by Crippen LogP contribution is -2.35. The van der Waals surface area contributed by atoms with E-state index in [1.807, 2.05) is 0 Å². The molecule has 0 N–H and O–H groups in total. The Labute approximate surface area is 85.1 Å². The van der Waals surface area contributed by atoms with Crippen LogP contribution in [0.25, 0.3) is 0 Å². The van der Waals surface area contributed by atoms with E-state index in [1.54, 1.807) is 0 Å². The standard InChI is InChI=1S/C10H18N2O2/c1(11-3-7-13-8-4-11)2-12-5-9-14-10-6-12/h1-2H,3-10H2. The third-order valence-electron chi connectivity index (χ3n) is 2.58. The van der Waals surface area contributed by atoms with Gasteiger partial charge in [0.25, 0.3) is 0 Å². The summed E-state index contributed by atoms with van der Waals surface area (Å²) in [6.07, 6.45) is 4.35. The van der Waals surface area contributed by atoms with Crippen LogP contribution in [0.1, 0.15) is 0 Å². The van der Waals surface area contributed by atoms with E-state index < -0.39 is 0 Å². The maximum Gasteiger partial charge on any atom is 0.0642 e. The summed E-state index contributed by atoms with van der Waals surface area (Å²) >= 11 is 0. The molecule has 0 amide bonds. The maximum atomic E-state index is 5.28. The maximum absolute atomic E-state index is 5.28. The molecule has 2 fully saturated rings. The minimum atomic E-state index is 0.855. The van der Waals surface area contributed by atoms with Crippen molar-refractivity contribution in [3.8, 4) is 0 Å². The molecule has 0 aliphatic carbocycles. The van der Waals surface area contributed by atoms with Gasteiger partial charge in [0.15, 0.2) is 0 Å².